The first kappa shape index (κ1) is 10.1. The van der Waals surface area contributed by atoms with Crippen LogP contribution < -0.4 is 5.73 Å². The van der Waals surface area contributed by atoms with Crippen molar-refractivity contribution in [2.24, 2.45) is 0 Å². The summed E-state index contributed by atoms with van der Waals surface area (Å²) in [4.78, 5) is 8.32. The standard InChI is InChI=1S/C10H8ClN5O/c1-5-8(11)13-4-16-10(5)14-9(15-16)6-2-3-7(12)17-6/h2-4H,12H2,1H3. The van der Waals surface area contributed by atoms with E-state index in [2.05, 4.69) is 15.1 Å². The highest BCUT2D eigenvalue weighted by molar-refractivity contribution is 6.30. The van der Waals surface area contributed by atoms with Crippen LogP contribution in [0.1, 0.15) is 5.56 Å². The third kappa shape index (κ3) is 1.53. The van der Waals surface area contributed by atoms with Gasteiger partial charge in [0.15, 0.2) is 17.3 Å². The smallest absolute Gasteiger partial charge is 0.218 e. The number of nitrogen functional groups attached to an aromatic ring is 1. The Morgan fingerprint density at radius 3 is 2.94 bits per heavy atom. The van der Waals surface area contributed by atoms with E-state index in [1.165, 1.54) is 6.33 Å². The van der Waals surface area contributed by atoms with E-state index in [4.69, 9.17) is 21.8 Å². The van der Waals surface area contributed by atoms with Gasteiger partial charge >= 0.3 is 0 Å². The van der Waals surface area contributed by atoms with Crippen LogP contribution in [-0.4, -0.2) is 19.6 Å². The lowest BCUT2D eigenvalue weighted by atomic mass is 10.4. The first-order valence-corrected chi connectivity index (χ1v) is 5.26. The van der Waals surface area contributed by atoms with Gasteiger partial charge in [-0.3, -0.25) is 0 Å². The van der Waals surface area contributed by atoms with Crippen LogP contribution in [0.2, 0.25) is 5.15 Å². The van der Waals surface area contributed by atoms with Crippen molar-refractivity contribution >= 4 is 23.1 Å². The third-order valence-electron chi connectivity index (χ3n) is 2.40. The maximum atomic E-state index is 5.91. The van der Waals surface area contributed by atoms with Gasteiger partial charge in [0.05, 0.1) is 0 Å². The quantitative estimate of drug-likeness (QED) is 0.667. The molecule has 0 aliphatic heterocycles. The van der Waals surface area contributed by atoms with Crippen molar-refractivity contribution in [3.8, 4) is 11.6 Å². The van der Waals surface area contributed by atoms with E-state index >= 15 is 0 Å². The summed E-state index contributed by atoms with van der Waals surface area (Å²) in [5.74, 6) is 1.29. The summed E-state index contributed by atoms with van der Waals surface area (Å²) in [7, 11) is 0. The Bertz CT molecular complexity index is 702. The van der Waals surface area contributed by atoms with Gasteiger partial charge in [0, 0.05) is 11.6 Å². The zero-order chi connectivity index (χ0) is 12.0. The number of furan rings is 1. The number of anilines is 1. The molecule has 17 heavy (non-hydrogen) atoms. The number of hydrogen-bond acceptors (Lipinski definition) is 5. The van der Waals surface area contributed by atoms with Gasteiger partial charge in [0.2, 0.25) is 5.82 Å². The summed E-state index contributed by atoms with van der Waals surface area (Å²) in [5, 5.41) is 4.65. The van der Waals surface area contributed by atoms with Crippen LogP contribution in [0.5, 0.6) is 0 Å². The Labute approximate surface area is 101 Å². The SMILES string of the molecule is Cc1c(Cl)ncn2nc(-c3ccc(N)o3)nc12. The molecule has 0 aromatic carbocycles. The van der Waals surface area contributed by atoms with Crippen LogP contribution in [0.3, 0.4) is 0 Å². The molecule has 0 bridgehead atoms. The predicted octanol–water partition coefficient (Wildman–Crippen LogP) is 1.93. The molecule has 0 fully saturated rings. The maximum absolute atomic E-state index is 5.91. The van der Waals surface area contributed by atoms with Gasteiger partial charge in [-0.25, -0.2) is 14.5 Å². The topological polar surface area (TPSA) is 82.2 Å². The zero-order valence-electron chi connectivity index (χ0n) is 8.88. The van der Waals surface area contributed by atoms with Crippen molar-refractivity contribution in [1.29, 1.82) is 0 Å². The first-order chi connectivity index (χ1) is 8.15. The molecule has 0 radical (unpaired) electrons. The van der Waals surface area contributed by atoms with Gasteiger partial charge in [-0.05, 0) is 13.0 Å². The fraction of sp³-hybridized carbons (Fsp3) is 0.100. The van der Waals surface area contributed by atoms with Gasteiger partial charge in [-0.1, -0.05) is 11.6 Å². The fourth-order valence-electron chi connectivity index (χ4n) is 1.53. The first-order valence-electron chi connectivity index (χ1n) is 4.88. The molecule has 3 rings (SSSR count). The summed E-state index contributed by atoms with van der Waals surface area (Å²) in [6.07, 6.45) is 1.51. The maximum Gasteiger partial charge on any atom is 0.218 e. The Hall–Kier alpha value is -2.08. The third-order valence-corrected chi connectivity index (χ3v) is 2.78. The van der Waals surface area contributed by atoms with Crippen LogP contribution in [0, 0.1) is 6.92 Å². The average Bonchev–Trinajstić information content (AvgIpc) is 2.90. The Kier molecular flexibility index (Phi) is 2.05. The van der Waals surface area contributed by atoms with Gasteiger partial charge in [0.1, 0.15) is 11.5 Å². The van der Waals surface area contributed by atoms with E-state index in [9.17, 15) is 0 Å². The second kappa shape index (κ2) is 3.46. The Balaban J connectivity index is 2.23. The second-order valence-corrected chi connectivity index (χ2v) is 3.92. The summed E-state index contributed by atoms with van der Waals surface area (Å²) in [5.41, 5.74) is 6.92. The van der Waals surface area contributed by atoms with E-state index in [1.54, 1.807) is 16.6 Å². The molecule has 0 atom stereocenters. The Morgan fingerprint density at radius 2 is 2.24 bits per heavy atom. The molecule has 7 heteroatoms. The fourth-order valence-corrected chi connectivity index (χ4v) is 1.66. The van der Waals surface area contributed by atoms with Crippen LogP contribution in [0.25, 0.3) is 17.2 Å². The lowest BCUT2D eigenvalue weighted by Crippen LogP contribution is -1.93. The molecule has 2 N–H and O–H groups in total. The zero-order valence-corrected chi connectivity index (χ0v) is 9.64. The molecular formula is C10H8ClN5O. The van der Waals surface area contributed by atoms with Gasteiger partial charge < -0.3 is 10.2 Å². The minimum Gasteiger partial charge on any atom is -0.438 e. The lowest BCUT2D eigenvalue weighted by molar-refractivity contribution is 0.597. The van der Waals surface area contributed by atoms with Crippen molar-refractivity contribution in [3.63, 3.8) is 0 Å². The number of nitrogens with zero attached hydrogens (tertiary/aromatic N) is 4. The van der Waals surface area contributed by atoms with Crippen molar-refractivity contribution in [1.82, 2.24) is 19.6 Å². The van der Waals surface area contributed by atoms with Gasteiger partial charge in [-0.15, -0.1) is 5.10 Å². The molecule has 0 unspecified atom stereocenters. The van der Waals surface area contributed by atoms with Crippen molar-refractivity contribution in [3.05, 3.63) is 29.2 Å². The minimum atomic E-state index is 0.326. The van der Waals surface area contributed by atoms with E-state index in [1.807, 2.05) is 6.92 Å². The van der Waals surface area contributed by atoms with E-state index < -0.39 is 0 Å². The largest absolute Gasteiger partial charge is 0.438 e. The van der Waals surface area contributed by atoms with Crippen LogP contribution in [0.15, 0.2) is 22.9 Å². The van der Waals surface area contributed by atoms with Crippen molar-refractivity contribution < 1.29 is 4.42 Å². The molecule has 0 spiro atoms. The number of halogens is 1. The molecule has 0 amide bonds. The molecular weight excluding hydrogens is 242 g/mol. The van der Waals surface area contributed by atoms with Crippen molar-refractivity contribution in [2.75, 3.05) is 5.73 Å². The Morgan fingerprint density at radius 1 is 1.41 bits per heavy atom. The number of hydrogen-bond donors (Lipinski definition) is 1. The summed E-state index contributed by atoms with van der Waals surface area (Å²) >= 11 is 5.91. The van der Waals surface area contributed by atoms with Crippen LogP contribution in [0.4, 0.5) is 5.88 Å². The molecule has 3 aromatic rings. The molecule has 0 aliphatic carbocycles. The highest BCUT2D eigenvalue weighted by Gasteiger charge is 2.13. The molecule has 86 valence electrons. The van der Waals surface area contributed by atoms with Gasteiger partial charge in [0.25, 0.3) is 0 Å². The van der Waals surface area contributed by atoms with Crippen molar-refractivity contribution in [2.45, 2.75) is 6.92 Å². The summed E-state index contributed by atoms with van der Waals surface area (Å²) < 4.78 is 6.81. The average molecular weight is 250 g/mol. The second-order valence-electron chi connectivity index (χ2n) is 3.57. The molecule has 6 nitrogen and oxygen atoms in total. The molecule has 0 aliphatic rings. The summed E-state index contributed by atoms with van der Waals surface area (Å²) in [6.45, 7) is 1.83. The number of aromatic nitrogens is 4. The lowest BCUT2D eigenvalue weighted by Gasteiger charge is -1.95. The highest BCUT2D eigenvalue weighted by Crippen LogP contribution is 2.22. The van der Waals surface area contributed by atoms with Crippen LogP contribution in [-0.2, 0) is 0 Å². The highest BCUT2D eigenvalue weighted by atomic mass is 35.5. The minimum absolute atomic E-state index is 0.326. The normalized spacial score (nSPS) is 11.2. The van der Waals surface area contributed by atoms with Gasteiger partial charge in [-0.2, -0.15) is 0 Å². The number of rotatable bonds is 1. The monoisotopic (exact) mass is 249 g/mol. The molecule has 0 saturated carbocycles. The number of aryl methyl sites for hydroxylation is 1. The van der Waals surface area contributed by atoms with E-state index in [-0.39, 0.29) is 0 Å². The van der Waals surface area contributed by atoms with Crippen LogP contribution >= 0.6 is 11.6 Å². The van der Waals surface area contributed by atoms with E-state index in [0.717, 1.165) is 5.56 Å². The summed E-state index contributed by atoms with van der Waals surface area (Å²) in [6, 6.07) is 3.37. The predicted molar refractivity (Wildman–Crippen MR) is 62.6 cm³/mol. The molecule has 3 aromatic heterocycles. The molecule has 0 saturated heterocycles. The number of fused-ring (bicyclic) bond motifs is 1. The number of nitrogens with two attached hydrogens (primary N) is 1. The molecule has 3 heterocycles. The van der Waals surface area contributed by atoms with E-state index in [0.29, 0.717) is 28.3 Å².